The van der Waals surface area contributed by atoms with Gasteiger partial charge in [-0.25, -0.2) is 4.68 Å². The van der Waals surface area contributed by atoms with Crippen LogP contribution >= 0.6 is 11.3 Å². The molecule has 1 aromatic heterocycles. The Kier molecular flexibility index (Phi) is 5.28. The van der Waals surface area contributed by atoms with Gasteiger partial charge in [0.15, 0.2) is 6.61 Å². The maximum atomic E-state index is 11.7. The molecule has 4 rings (SSSR count). The van der Waals surface area contributed by atoms with E-state index in [0.717, 1.165) is 11.3 Å². The maximum Gasteiger partial charge on any atom is 0.262 e. The van der Waals surface area contributed by atoms with E-state index >= 15 is 0 Å². The molecule has 1 amide bonds. The third-order valence-corrected chi connectivity index (χ3v) is 5.36. The predicted octanol–water partition coefficient (Wildman–Crippen LogP) is 3.15. The molecule has 2 heterocycles. The zero-order valence-electron chi connectivity index (χ0n) is 16.4. The van der Waals surface area contributed by atoms with E-state index in [1.54, 1.807) is 17.7 Å². The second kappa shape index (κ2) is 8.03. The van der Waals surface area contributed by atoms with Crippen molar-refractivity contribution in [2.24, 2.45) is 10.1 Å². The molecule has 154 valence electrons. The van der Waals surface area contributed by atoms with Crippen molar-refractivity contribution in [1.82, 2.24) is 4.68 Å². The number of phenols is 2. The third kappa shape index (κ3) is 3.79. The van der Waals surface area contributed by atoms with Crippen LogP contribution in [-0.4, -0.2) is 39.7 Å². The van der Waals surface area contributed by atoms with E-state index in [9.17, 15) is 15.0 Å². The number of rotatable bonds is 4. The van der Waals surface area contributed by atoms with Crippen LogP contribution in [0.1, 0.15) is 19.4 Å². The first-order valence-electron chi connectivity index (χ1n) is 9.32. The van der Waals surface area contributed by atoms with Crippen molar-refractivity contribution in [1.29, 1.82) is 0 Å². The first kappa shape index (κ1) is 19.7. The smallest absolute Gasteiger partial charge is 0.262 e. The molecule has 8 nitrogen and oxygen atoms in total. The number of hydrogen-bond acceptors (Lipinski definition) is 7. The van der Waals surface area contributed by atoms with Crippen molar-refractivity contribution in [3.05, 3.63) is 52.1 Å². The number of aromatic nitrogens is 1. The van der Waals surface area contributed by atoms with Crippen LogP contribution in [0.5, 0.6) is 17.2 Å². The van der Waals surface area contributed by atoms with Gasteiger partial charge in [0.1, 0.15) is 17.2 Å². The van der Waals surface area contributed by atoms with Crippen molar-refractivity contribution < 1.29 is 19.7 Å². The quantitative estimate of drug-likeness (QED) is 0.559. The molecular weight excluding hydrogens is 404 g/mol. The van der Waals surface area contributed by atoms with Gasteiger partial charge >= 0.3 is 0 Å². The largest absolute Gasteiger partial charge is 0.508 e. The second-order valence-electron chi connectivity index (χ2n) is 6.62. The van der Waals surface area contributed by atoms with Crippen LogP contribution in [-0.2, 0) is 4.79 Å². The minimum atomic E-state index is -0.198. The highest BCUT2D eigenvalue weighted by Gasteiger charge is 2.18. The summed E-state index contributed by atoms with van der Waals surface area (Å²) < 4.78 is 7.15. The molecule has 0 aliphatic carbocycles. The molecule has 0 unspecified atom stereocenters. The van der Waals surface area contributed by atoms with Crippen molar-refractivity contribution in [2.45, 2.75) is 13.8 Å². The van der Waals surface area contributed by atoms with Crippen molar-refractivity contribution in [2.75, 3.05) is 18.5 Å². The normalized spacial score (nSPS) is 14.3. The fourth-order valence-electron chi connectivity index (χ4n) is 3.11. The zero-order chi connectivity index (χ0) is 21.3. The average molecular weight is 424 g/mol. The van der Waals surface area contributed by atoms with Gasteiger partial charge in [0.2, 0.25) is 4.80 Å². The van der Waals surface area contributed by atoms with Gasteiger partial charge in [-0.05, 0) is 44.2 Å². The van der Waals surface area contributed by atoms with Crippen LogP contribution in [0.3, 0.4) is 0 Å². The topological polar surface area (TPSA) is 108 Å². The summed E-state index contributed by atoms with van der Waals surface area (Å²) in [6.45, 7) is 4.31. The number of carbonyl (C=O) groups excluding carboxylic acids is 1. The molecule has 1 aliphatic heterocycles. The number of anilines is 1. The summed E-state index contributed by atoms with van der Waals surface area (Å²) in [7, 11) is 0. The molecule has 9 heteroatoms. The van der Waals surface area contributed by atoms with Gasteiger partial charge in [0.05, 0.1) is 17.1 Å². The lowest BCUT2D eigenvalue weighted by molar-refractivity contribution is -0.118. The molecule has 0 spiro atoms. The molecule has 30 heavy (non-hydrogen) atoms. The Morgan fingerprint density at radius 2 is 2.10 bits per heavy atom. The summed E-state index contributed by atoms with van der Waals surface area (Å²) in [6.07, 6.45) is 0. The van der Waals surface area contributed by atoms with Gasteiger partial charge in [-0.3, -0.25) is 9.79 Å². The number of amides is 1. The van der Waals surface area contributed by atoms with Gasteiger partial charge in [-0.1, -0.05) is 0 Å². The molecular formula is C21H20N4O4S. The van der Waals surface area contributed by atoms with Crippen LogP contribution in [0.25, 0.3) is 11.3 Å². The van der Waals surface area contributed by atoms with Gasteiger partial charge < -0.3 is 20.3 Å². The number of hydrogen-bond donors (Lipinski definition) is 3. The minimum Gasteiger partial charge on any atom is -0.508 e. The van der Waals surface area contributed by atoms with Crippen LogP contribution in [0.4, 0.5) is 5.69 Å². The third-order valence-electron chi connectivity index (χ3n) is 4.51. The van der Waals surface area contributed by atoms with Crippen LogP contribution in [0.2, 0.25) is 0 Å². The highest BCUT2D eigenvalue weighted by atomic mass is 32.1. The summed E-state index contributed by atoms with van der Waals surface area (Å²) >= 11 is 1.45. The minimum absolute atomic E-state index is 0.00391. The van der Waals surface area contributed by atoms with E-state index in [1.165, 1.54) is 23.5 Å². The number of thiazole rings is 1. The first-order chi connectivity index (χ1) is 14.5. The average Bonchev–Trinajstić information content (AvgIpc) is 3.09. The number of carbonyl (C=O) groups is 1. The summed E-state index contributed by atoms with van der Waals surface area (Å²) in [5.74, 6) is 0.340. The van der Waals surface area contributed by atoms with Gasteiger partial charge in [-0.2, -0.15) is 5.10 Å². The maximum absolute atomic E-state index is 11.7. The summed E-state index contributed by atoms with van der Waals surface area (Å²) in [5.41, 5.74) is 3.28. The molecule has 1 aliphatic rings. The highest BCUT2D eigenvalue weighted by Crippen LogP contribution is 2.33. The fourth-order valence-corrected chi connectivity index (χ4v) is 4.01. The Balaban J connectivity index is 1.83. The standard InChI is InChI=1S/C21H20N4O4S/c1-3-22-21-25(24-12(2)15-6-5-14(26)9-18(15)27)17(11-30-21)13-4-7-19-16(8-13)23-20(28)10-29-19/h4-9,11,26-27H,3,10H2,1-2H3,(H,23,28). The first-order valence-corrected chi connectivity index (χ1v) is 10.2. The monoisotopic (exact) mass is 424 g/mol. The number of phenolic OH excluding ortho intramolecular Hbond substituents is 2. The lowest BCUT2D eigenvalue weighted by Crippen LogP contribution is -2.25. The Morgan fingerprint density at radius 1 is 1.27 bits per heavy atom. The molecule has 0 bridgehead atoms. The van der Waals surface area contributed by atoms with Crippen LogP contribution in [0, 0.1) is 0 Å². The van der Waals surface area contributed by atoms with E-state index in [0.29, 0.717) is 34.1 Å². The van der Waals surface area contributed by atoms with E-state index in [1.807, 2.05) is 30.5 Å². The van der Waals surface area contributed by atoms with Crippen LogP contribution in [0.15, 0.2) is 51.9 Å². The van der Waals surface area contributed by atoms with Gasteiger partial charge in [-0.15, -0.1) is 11.3 Å². The lowest BCUT2D eigenvalue weighted by atomic mass is 10.1. The lowest BCUT2D eigenvalue weighted by Gasteiger charge is -2.18. The number of ether oxygens (including phenoxy) is 1. The van der Waals surface area contributed by atoms with Crippen molar-refractivity contribution >= 4 is 28.6 Å². The fraction of sp³-hybridized carbons (Fsp3) is 0.190. The Hall–Kier alpha value is -3.59. The molecule has 3 aromatic rings. The molecule has 2 aromatic carbocycles. The van der Waals surface area contributed by atoms with E-state index in [2.05, 4.69) is 10.3 Å². The summed E-state index contributed by atoms with van der Waals surface area (Å²) in [5, 5.41) is 29.2. The molecule has 3 N–H and O–H groups in total. The molecule has 0 saturated carbocycles. The zero-order valence-corrected chi connectivity index (χ0v) is 17.2. The second-order valence-corrected chi connectivity index (χ2v) is 7.46. The van der Waals surface area contributed by atoms with Gasteiger partial charge in [0.25, 0.3) is 5.91 Å². The van der Waals surface area contributed by atoms with Crippen LogP contribution < -0.4 is 14.9 Å². The Morgan fingerprint density at radius 3 is 2.87 bits per heavy atom. The molecule has 0 fully saturated rings. The van der Waals surface area contributed by atoms with E-state index in [-0.39, 0.29) is 24.0 Å². The summed E-state index contributed by atoms with van der Waals surface area (Å²) in [4.78, 5) is 16.9. The van der Waals surface area contributed by atoms with Gasteiger partial charge in [0, 0.05) is 29.1 Å². The van der Waals surface area contributed by atoms with E-state index in [4.69, 9.17) is 9.84 Å². The number of nitrogens with one attached hydrogen (secondary N) is 1. The number of fused-ring (bicyclic) bond motifs is 1. The van der Waals surface area contributed by atoms with E-state index < -0.39 is 0 Å². The Bertz CT molecular complexity index is 1230. The Labute approximate surface area is 176 Å². The predicted molar refractivity (Wildman–Crippen MR) is 115 cm³/mol. The molecule has 0 saturated heterocycles. The summed E-state index contributed by atoms with van der Waals surface area (Å²) in [6, 6.07) is 9.93. The SMILES string of the molecule is CCN=c1scc(-c2ccc3c(c2)NC(=O)CO3)n1N=C(C)c1ccc(O)cc1O. The van der Waals surface area contributed by atoms with Crippen molar-refractivity contribution in [3.63, 3.8) is 0 Å². The molecule has 0 radical (unpaired) electrons. The number of nitrogens with zero attached hydrogens (tertiary/aromatic N) is 3. The molecule has 0 atom stereocenters. The number of benzene rings is 2. The highest BCUT2D eigenvalue weighted by molar-refractivity contribution is 7.07. The van der Waals surface area contributed by atoms with Crippen molar-refractivity contribution in [3.8, 4) is 28.5 Å². The number of aromatic hydroxyl groups is 2.